The number of rotatable bonds is 4. The van der Waals surface area contributed by atoms with Gasteiger partial charge in [-0.3, -0.25) is 5.32 Å². The molecule has 1 aliphatic heterocycles. The van der Waals surface area contributed by atoms with Crippen LogP contribution in [0.5, 0.6) is 0 Å². The number of nitrogens with one attached hydrogen (secondary N) is 1. The Bertz CT molecular complexity index is 392. The number of carbonyl (C=O) groups is 2. The van der Waals surface area contributed by atoms with Crippen molar-refractivity contribution in [1.82, 2.24) is 5.32 Å². The number of hydrogen-bond acceptors (Lipinski definition) is 5. The average Bonchev–Trinajstić information content (AvgIpc) is 2.42. The van der Waals surface area contributed by atoms with Crippen molar-refractivity contribution in [3.8, 4) is 0 Å². The second kappa shape index (κ2) is 7.58. The molecule has 6 nitrogen and oxygen atoms in total. The van der Waals surface area contributed by atoms with Gasteiger partial charge in [0.05, 0.1) is 20.3 Å². The van der Waals surface area contributed by atoms with Gasteiger partial charge in [0.1, 0.15) is 12.3 Å². The monoisotopic (exact) mass is 269 g/mol. The van der Waals surface area contributed by atoms with E-state index >= 15 is 0 Å². The Morgan fingerprint density at radius 2 is 2.00 bits per heavy atom. The van der Waals surface area contributed by atoms with Crippen LogP contribution >= 0.6 is 0 Å². The molecule has 6 heteroatoms. The molecule has 0 aliphatic carbocycles. The second-order valence-corrected chi connectivity index (χ2v) is 4.24. The first kappa shape index (κ1) is 15.2. The van der Waals surface area contributed by atoms with Gasteiger partial charge in [-0.2, -0.15) is 0 Å². The molecule has 1 amide bonds. The Labute approximate surface area is 112 Å². The zero-order valence-corrected chi connectivity index (χ0v) is 11.3. The van der Waals surface area contributed by atoms with Crippen molar-refractivity contribution in [3.63, 3.8) is 0 Å². The van der Waals surface area contributed by atoms with Gasteiger partial charge in [-0.05, 0) is 30.9 Å². The molecule has 0 aromatic rings. The van der Waals surface area contributed by atoms with Gasteiger partial charge >= 0.3 is 12.1 Å². The third-order valence-corrected chi connectivity index (χ3v) is 2.52. The molecule has 0 bridgehead atoms. The highest BCUT2D eigenvalue weighted by molar-refractivity contribution is 5.93. The number of methoxy groups -OCH3 is 1. The Hall–Kier alpha value is -1.82. The van der Waals surface area contributed by atoms with Crippen LogP contribution in [0.1, 0.15) is 19.8 Å². The summed E-state index contributed by atoms with van der Waals surface area (Å²) < 4.78 is 14.8. The molecule has 0 atom stereocenters. The molecule has 1 saturated heterocycles. The average molecular weight is 269 g/mol. The van der Waals surface area contributed by atoms with Crippen molar-refractivity contribution < 1.29 is 23.8 Å². The Balaban J connectivity index is 2.72. The summed E-state index contributed by atoms with van der Waals surface area (Å²) in [5.74, 6) is -0.579. The van der Waals surface area contributed by atoms with Crippen LogP contribution < -0.4 is 5.32 Å². The molecule has 0 spiro atoms. The van der Waals surface area contributed by atoms with Crippen LogP contribution in [0.2, 0.25) is 0 Å². The van der Waals surface area contributed by atoms with Gasteiger partial charge < -0.3 is 14.2 Å². The first-order valence-electron chi connectivity index (χ1n) is 6.00. The lowest BCUT2D eigenvalue weighted by Gasteiger charge is -2.18. The summed E-state index contributed by atoms with van der Waals surface area (Å²) in [6.45, 7) is 6.53. The van der Waals surface area contributed by atoms with Crippen LogP contribution in [0.3, 0.4) is 0 Å². The van der Waals surface area contributed by atoms with Crippen molar-refractivity contribution in [2.45, 2.75) is 19.8 Å². The summed E-state index contributed by atoms with van der Waals surface area (Å²) in [7, 11) is 1.27. The van der Waals surface area contributed by atoms with E-state index in [0.717, 1.165) is 5.57 Å². The van der Waals surface area contributed by atoms with Gasteiger partial charge in [0.25, 0.3) is 0 Å². The summed E-state index contributed by atoms with van der Waals surface area (Å²) in [4.78, 5) is 23.2. The molecule has 1 rings (SSSR count). The van der Waals surface area contributed by atoms with Gasteiger partial charge in [-0.15, -0.1) is 0 Å². The maximum atomic E-state index is 11.7. The standard InChI is InChI=1S/C13H19NO5/c1-9(2)8-19-13(16)14-11(12(15)17-3)10-4-6-18-7-5-10/h1,4-8H2,2-3H3,(H,14,16). The van der Waals surface area contributed by atoms with Gasteiger partial charge in [-0.25, -0.2) is 9.59 Å². The molecule has 19 heavy (non-hydrogen) atoms. The SMILES string of the molecule is C=C(C)COC(=O)NC(C(=O)OC)=C1CCOCC1. The number of hydrogen-bond donors (Lipinski definition) is 1. The van der Waals surface area contributed by atoms with Crippen molar-refractivity contribution >= 4 is 12.1 Å². The van der Waals surface area contributed by atoms with E-state index in [1.165, 1.54) is 7.11 Å². The number of alkyl carbamates (subject to hydrolysis) is 1. The summed E-state index contributed by atoms with van der Waals surface area (Å²) in [6, 6.07) is 0. The third-order valence-electron chi connectivity index (χ3n) is 2.52. The van der Waals surface area contributed by atoms with Crippen molar-refractivity contribution in [3.05, 3.63) is 23.4 Å². The van der Waals surface area contributed by atoms with E-state index in [4.69, 9.17) is 9.47 Å². The van der Waals surface area contributed by atoms with E-state index in [2.05, 4.69) is 16.6 Å². The number of amides is 1. The van der Waals surface area contributed by atoms with Crippen molar-refractivity contribution in [1.29, 1.82) is 0 Å². The summed E-state index contributed by atoms with van der Waals surface area (Å²) >= 11 is 0. The van der Waals surface area contributed by atoms with Crippen LogP contribution in [0.15, 0.2) is 23.4 Å². The van der Waals surface area contributed by atoms with Crippen molar-refractivity contribution in [2.24, 2.45) is 0 Å². The van der Waals surface area contributed by atoms with Gasteiger partial charge in [0.2, 0.25) is 0 Å². The van der Waals surface area contributed by atoms with Crippen LogP contribution in [0, 0.1) is 0 Å². The minimum Gasteiger partial charge on any atom is -0.464 e. The predicted molar refractivity (Wildman–Crippen MR) is 68.4 cm³/mol. The van der Waals surface area contributed by atoms with Gasteiger partial charge in [0, 0.05) is 0 Å². The molecule has 1 N–H and O–H groups in total. The minimum absolute atomic E-state index is 0.110. The Morgan fingerprint density at radius 3 is 2.53 bits per heavy atom. The molecular formula is C13H19NO5. The molecule has 0 unspecified atom stereocenters. The lowest BCUT2D eigenvalue weighted by atomic mass is 10.1. The quantitative estimate of drug-likeness (QED) is 0.476. The fourth-order valence-electron chi connectivity index (χ4n) is 1.58. The van der Waals surface area contributed by atoms with E-state index in [9.17, 15) is 9.59 Å². The Morgan fingerprint density at radius 1 is 1.37 bits per heavy atom. The second-order valence-electron chi connectivity index (χ2n) is 4.24. The van der Waals surface area contributed by atoms with E-state index in [1.54, 1.807) is 6.92 Å². The normalized spacial score (nSPS) is 14.5. The molecule has 1 aliphatic rings. The molecule has 1 fully saturated rings. The molecule has 0 radical (unpaired) electrons. The molecule has 106 valence electrons. The highest BCUT2D eigenvalue weighted by Gasteiger charge is 2.21. The molecular weight excluding hydrogens is 250 g/mol. The fraction of sp³-hybridized carbons (Fsp3) is 0.538. The zero-order chi connectivity index (χ0) is 14.3. The first-order chi connectivity index (χ1) is 9.04. The highest BCUT2D eigenvalue weighted by Crippen LogP contribution is 2.17. The molecule has 1 heterocycles. The fourth-order valence-corrected chi connectivity index (χ4v) is 1.58. The maximum Gasteiger partial charge on any atom is 0.412 e. The number of carbonyl (C=O) groups excluding carboxylic acids is 2. The predicted octanol–water partition coefficient (Wildman–Crippen LogP) is 1.53. The van der Waals surface area contributed by atoms with Gasteiger partial charge in [-0.1, -0.05) is 6.58 Å². The summed E-state index contributed by atoms with van der Waals surface area (Å²) in [6.07, 6.45) is 0.485. The smallest absolute Gasteiger partial charge is 0.412 e. The summed E-state index contributed by atoms with van der Waals surface area (Å²) in [5, 5.41) is 2.44. The number of ether oxygens (including phenoxy) is 3. The molecule has 0 saturated carbocycles. The van der Waals surface area contributed by atoms with Crippen LogP contribution in [0.4, 0.5) is 4.79 Å². The van der Waals surface area contributed by atoms with E-state index < -0.39 is 12.1 Å². The van der Waals surface area contributed by atoms with E-state index in [-0.39, 0.29) is 12.3 Å². The minimum atomic E-state index is -0.692. The van der Waals surface area contributed by atoms with Crippen LogP contribution in [-0.4, -0.2) is 39.0 Å². The van der Waals surface area contributed by atoms with Crippen LogP contribution in [-0.2, 0) is 19.0 Å². The zero-order valence-electron chi connectivity index (χ0n) is 11.3. The Kier molecular flexibility index (Phi) is 6.08. The topological polar surface area (TPSA) is 73.9 Å². The lowest BCUT2D eigenvalue weighted by Crippen LogP contribution is -2.31. The largest absolute Gasteiger partial charge is 0.464 e. The summed E-state index contributed by atoms with van der Waals surface area (Å²) in [5.41, 5.74) is 1.68. The lowest BCUT2D eigenvalue weighted by molar-refractivity contribution is -0.136. The maximum absolute atomic E-state index is 11.7. The molecule has 0 aromatic carbocycles. The number of esters is 1. The molecule has 0 aromatic heterocycles. The van der Waals surface area contributed by atoms with E-state index in [1.807, 2.05) is 0 Å². The van der Waals surface area contributed by atoms with Crippen LogP contribution in [0.25, 0.3) is 0 Å². The van der Waals surface area contributed by atoms with Crippen molar-refractivity contribution in [2.75, 3.05) is 26.9 Å². The third kappa shape index (κ3) is 5.13. The van der Waals surface area contributed by atoms with E-state index in [0.29, 0.717) is 31.6 Å². The highest BCUT2D eigenvalue weighted by atomic mass is 16.6. The van der Waals surface area contributed by atoms with Gasteiger partial charge in [0.15, 0.2) is 0 Å². The first-order valence-corrected chi connectivity index (χ1v) is 6.00.